The van der Waals surface area contributed by atoms with Crippen LogP contribution < -0.4 is 15.4 Å². The van der Waals surface area contributed by atoms with E-state index in [9.17, 15) is 9.18 Å². The molecule has 1 unspecified atom stereocenters. The third kappa shape index (κ3) is 12.1. The highest BCUT2D eigenvalue weighted by molar-refractivity contribution is 7.80. The molecule has 1 fully saturated rings. The van der Waals surface area contributed by atoms with Crippen LogP contribution in [0.1, 0.15) is 56.1 Å². The van der Waals surface area contributed by atoms with Gasteiger partial charge in [-0.05, 0) is 124 Å². The predicted molar refractivity (Wildman–Crippen MR) is 208 cm³/mol. The monoisotopic (exact) mass is 758 g/mol. The molecule has 0 radical (unpaired) electrons. The quantitative estimate of drug-likeness (QED) is 0.0699. The Hall–Kier alpha value is -2.88. The third-order valence-corrected chi connectivity index (χ3v) is 10.1. The lowest BCUT2D eigenvalue weighted by atomic mass is 9.90. The first-order chi connectivity index (χ1) is 24.1. The molecular formula is C39H46Cl3FN4O2S. The summed E-state index contributed by atoms with van der Waals surface area (Å²) < 4.78 is 17.7. The summed E-state index contributed by atoms with van der Waals surface area (Å²) in [6.45, 7) is 5.50. The lowest BCUT2D eigenvalue weighted by molar-refractivity contribution is -0.121. The molecule has 0 spiro atoms. The largest absolute Gasteiger partial charge is 0.494 e. The van der Waals surface area contributed by atoms with Crippen LogP contribution in [0.5, 0.6) is 5.75 Å². The number of carbonyl (C=O) groups is 1. The number of halogens is 4. The van der Waals surface area contributed by atoms with Crippen LogP contribution in [0.15, 0.2) is 90.5 Å². The Kier molecular flexibility index (Phi) is 14.2. The van der Waals surface area contributed by atoms with E-state index in [1.807, 2.05) is 36.4 Å². The van der Waals surface area contributed by atoms with E-state index in [0.717, 1.165) is 48.4 Å². The molecule has 2 aliphatic rings. The molecule has 3 aromatic rings. The number of benzene rings is 3. The molecule has 11 heteroatoms. The first-order valence-electron chi connectivity index (χ1n) is 17.5. The number of hydrogen-bond acceptors (Lipinski definition) is 4. The fraction of sp³-hybridized carbons (Fsp3) is 0.436. The second-order valence-corrected chi connectivity index (χ2v) is 16.0. The number of rotatable bonds is 15. The standard InChI is InChI=1S/C39H46Cl3FN4O2S/c40-39(41,42)36(48)45-38(27-31-15-17-33(43)18-16-31)20-19-32(28-38)29-47(37(50)44-34-12-3-1-4-13-34)24-8-11-30-10-7-14-35(26-30)49-25-9-23-46-21-5-2-6-22-46/h1,3-4,7,10,12-18,26,28H,2,5-6,8-9,11,19-25,27,29H2,(H,44,50)(H,45,48). The Morgan fingerprint density at radius 3 is 2.46 bits per heavy atom. The fourth-order valence-corrected chi connectivity index (χ4v) is 7.15. The van der Waals surface area contributed by atoms with Gasteiger partial charge in [-0.15, -0.1) is 0 Å². The van der Waals surface area contributed by atoms with Crippen LogP contribution >= 0.6 is 47.0 Å². The van der Waals surface area contributed by atoms with Gasteiger partial charge in [0.1, 0.15) is 11.6 Å². The highest BCUT2D eigenvalue weighted by atomic mass is 35.6. The van der Waals surface area contributed by atoms with E-state index >= 15 is 0 Å². The van der Waals surface area contributed by atoms with Crippen molar-refractivity contribution in [2.45, 2.75) is 67.1 Å². The highest BCUT2D eigenvalue weighted by Crippen LogP contribution is 2.35. The minimum atomic E-state index is -2.12. The van der Waals surface area contributed by atoms with E-state index in [1.165, 1.54) is 50.0 Å². The van der Waals surface area contributed by atoms with E-state index in [1.54, 1.807) is 12.1 Å². The Morgan fingerprint density at radius 2 is 1.72 bits per heavy atom. The molecule has 1 amide bonds. The van der Waals surface area contributed by atoms with E-state index in [2.05, 4.69) is 44.7 Å². The van der Waals surface area contributed by atoms with Gasteiger partial charge in [0.05, 0.1) is 12.1 Å². The Bertz CT molecular complexity index is 1580. The van der Waals surface area contributed by atoms with E-state index < -0.39 is 15.2 Å². The second kappa shape index (κ2) is 18.6. The molecule has 1 aliphatic carbocycles. The number of carbonyl (C=O) groups excluding carboxylic acids is 1. The average Bonchev–Trinajstić information content (AvgIpc) is 3.49. The highest BCUT2D eigenvalue weighted by Gasteiger charge is 2.40. The molecule has 0 bridgehead atoms. The van der Waals surface area contributed by atoms with Gasteiger partial charge in [0.25, 0.3) is 9.70 Å². The summed E-state index contributed by atoms with van der Waals surface area (Å²) in [5, 5.41) is 6.99. The van der Waals surface area contributed by atoms with Crippen LogP contribution in [0.25, 0.3) is 0 Å². The molecule has 3 aromatic carbocycles. The van der Waals surface area contributed by atoms with Crippen molar-refractivity contribution in [2.75, 3.05) is 44.6 Å². The number of anilines is 1. The topological polar surface area (TPSA) is 56.8 Å². The summed E-state index contributed by atoms with van der Waals surface area (Å²) in [7, 11) is 0. The molecule has 0 saturated carbocycles. The van der Waals surface area contributed by atoms with Crippen molar-refractivity contribution in [3.05, 3.63) is 107 Å². The number of ether oxygens (including phenoxy) is 1. The molecule has 50 heavy (non-hydrogen) atoms. The molecule has 1 atom stereocenters. The van der Waals surface area contributed by atoms with Gasteiger partial charge in [-0.2, -0.15) is 0 Å². The van der Waals surface area contributed by atoms with Gasteiger partial charge in [0.15, 0.2) is 5.11 Å². The smallest absolute Gasteiger partial charge is 0.272 e. The molecular weight excluding hydrogens is 714 g/mol. The maximum absolute atomic E-state index is 13.7. The number of hydrogen-bond donors (Lipinski definition) is 2. The minimum Gasteiger partial charge on any atom is -0.494 e. The van der Waals surface area contributed by atoms with Crippen LogP contribution in [-0.4, -0.2) is 69.5 Å². The van der Waals surface area contributed by atoms with E-state index in [-0.39, 0.29) is 5.82 Å². The lowest BCUT2D eigenvalue weighted by Crippen LogP contribution is -2.51. The van der Waals surface area contributed by atoms with Crippen molar-refractivity contribution < 1.29 is 13.9 Å². The van der Waals surface area contributed by atoms with Crippen molar-refractivity contribution in [3.63, 3.8) is 0 Å². The maximum Gasteiger partial charge on any atom is 0.272 e. The normalized spacial score (nSPS) is 18.0. The van der Waals surface area contributed by atoms with Crippen LogP contribution in [0.3, 0.4) is 0 Å². The third-order valence-electron chi connectivity index (χ3n) is 9.26. The summed E-state index contributed by atoms with van der Waals surface area (Å²) in [6, 6.07) is 24.5. The minimum absolute atomic E-state index is 0.326. The number of nitrogens with one attached hydrogen (secondary N) is 2. The van der Waals surface area contributed by atoms with Crippen molar-refractivity contribution in [3.8, 4) is 5.75 Å². The number of piperidine rings is 1. The number of aryl methyl sites for hydroxylation is 1. The van der Waals surface area contributed by atoms with Crippen molar-refractivity contribution in [2.24, 2.45) is 0 Å². The van der Waals surface area contributed by atoms with Gasteiger partial charge in [0.2, 0.25) is 0 Å². The van der Waals surface area contributed by atoms with Crippen LogP contribution in [0.2, 0.25) is 0 Å². The van der Waals surface area contributed by atoms with Crippen molar-refractivity contribution in [1.82, 2.24) is 15.1 Å². The van der Waals surface area contributed by atoms with Crippen LogP contribution in [-0.2, 0) is 17.6 Å². The Labute approximate surface area is 316 Å². The van der Waals surface area contributed by atoms with Crippen LogP contribution in [0.4, 0.5) is 10.1 Å². The number of nitrogens with zero attached hydrogens (tertiary/aromatic N) is 2. The second-order valence-electron chi connectivity index (χ2n) is 13.3. The van der Waals surface area contributed by atoms with Gasteiger partial charge in [-0.3, -0.25) is 4.79 Å². The molecule has 1 saturated heterocycles. The number of amides is 1. The Balaban J connectivity index is 1.24. The van der Waals surface area contributed by atoms with Crippen molar-refractivity contribution >= 4 is 63.7 Å². The average molecular weight is 760 g/mol. The van der Waals surface area contributed by atoms with E-state index in [4.69, 9.17) is 51.8 Å². The van der Waals surface area contributed by atoms with Gasteiger partial charge >= 0.3 is 0 Å². The number of alkyl halides is 3. The van der Waals surface area contributed by atoms with Gasteiger partial charge in [-0.25, -0.2) is 4.39 Å². The van der Waals surface area contributed by atoms with Gasteiger partial charge < -0.3 is 25.2 Å². The number of likely N-dealkylation sites (tertiary alicyclic amines) is 1. The first-order valence-corrected chi connectivity index (χ1v) is 19.0. The summed E-state index contributed by atoms with van der Waals surface area (Å²) in [5.41, 5.74) is 3.29. The first kappa shape index (κ1) is 38.4. The number of para-hydroxylation sites is 1. The molecule has 5 rings (SSSR count). The van der Waals surface area contributed by atoms with Gasteiger partial charge in [-0.1, -0.05) is 95.3 Å². The lowest BCUT2D eigenvalue weighted by Gasteiger charge is -2.31. The van der Waals surface area contributed by atoms with Crippen LogP contribution in [0, 0.1) is 5.82 Å². The summed E-state index contributed by atoms with van der Waals surface area (Å²) >= 11 is 23.9. The zero-order chi connectivity index (χ0) is 35.4. The van der Waals surface area contributed by atoms with Crippen molar-refractivity contribution in [1.29, 1.82) is 0 Å². The maximum atomic E-state index is 13.7. The summed E-state index contributed by atoms with van der Waals surface area (Å²) in [4.78, 5) is 17.6. The summed E-state index contributed by atoms with van der Waals surface area (Å²) in [6.07, 6.45) is 10.5. The fourth-order valence-electron chi connectivity index (χ4n) is 6.74. The molecule has 1 aliphatic heterocycles. The predicted octanol–water partition coefficient (Wildman–Crippen LogP) is 8.90. The van der Waals surface area contributed by atoms with Gasteiger partial charge in [0, 0.05) is 25.3 Å². The van der Waals surface area contributed by atoms with E-state index in [0.29, 0.717) is 44.1 Å². The summed E-state index contributed by atoms with van der Waals surface area (Å²) in [5.74, 6) is -0.119. The number of thiocarbonyl (C=S) groups is 1. The molecule has 2 N–H and O–H groups in total. The Morgan fingerprint density at radius 1 is 0.960 bits per heavy atom. The zero-order valence-corrected chi connectivity index (χ0v) is 31.4. The molecule has 268 valence electrons. The molecule has 0 aromatic heterocycles. The molecule has 1 heterocycles. The zero-order valence-electron chi connectivity index (χ0n) is 28.3. The SMILES string of the molecule is O=C(NC1(Cc2ccc(F)cc2)C=C(CN(CCCc2cccc(OCCCN3CCCCC3)c2)C(=S)Nc2ccccc2)CC1)C(Cl)(Cl)Cl. The molecule has 6 nitrogen and oxygen atoms in total.